The summed E-state index contributed by atoms with van der Waals surface area (Å²) in [6.45, 7) is 0. The molecule has 0 aromatic carbocycles. The molecule has 0 nitrogen and oxygen atoms in total. The van der Waals surface area contributed by atoms with Gasteiger partial charge in [0.05, 0.1) is 0 Å². The molecule has 0 saturated heterocycles. The van der Waals surface area contributed by atoms with E-state index in [1.165, 1.54) is 0 Å². The molecule has 0 saturated carbocycles. The summed E-state index contributed by atoms with van der Waals surface area (Å²) in [4.78, 5) is 0. The minimum absolute atomic E-state index is 0. The van der Waals surface area contributed by atoms with E-state index in [9.17, 15) is 0 Å². The van der Waals surface area contributed by atoms with E-state index in [4.69, 9.17) is 0 Å². The van der Waals surface area contributed by atoms with E-state index in [0.717, 1.165) is 0 Å². The Hall–Kier alpha value is 1.51. The van der Waals surface area contributed by atoms with Crippen LogP contribution in [0.2, 0.25) is 14.0 Å². The average molecular weight is 233 g/mol. The summed E-state index contributed by atoms with van der Waals surface area (Å²) in [7, 11) is 0. The van der Waals surface area contributed by atoms with Crippen molar-refractivity contribution < 1.29 is 0 Å². The first-order valence-electron chi connectivity index (χ1n) is 1.73. The van der Waals surface area contributed by atoms with E-state index < -0.39 is 21.4 Å². The van der Waals surface area contributed by atoms with Gasteiger partial charge in [0.2, 0.25) is 0 Å². The van der Waals surface area contributed by atoms with Crippen LogP contribution in [0.25, 0.3) is 0 Å². The molecule has 0 aliphatic rings. The van der Waals surface area contributed by atoms with Crippen molar-refractivity contribution >= 4 is 41.2 Å². The zero-order valence-corrected chi connectivity index (χ0v) is 6.87. The van der Waals surface area contributed by atoms with Crippen LogP contribution in [-0.2, 0) is 0 Å². The van der Waals surface area contributed by atoms with Crippen LogP contribution in [0.3, 0.4) is 0 Å². The summed E-state index contributed by atoms with van der Waals surface area (Å²) in [6, 6.07) is 0. The molecule has 0 aliphatic heterocycles. The van der Waals surface area contributed by atoms with Gasteiger partial charge in [0.15, 0.2) is 0 Å². The van der Waals surface area contributed by atoms with Gasteiger partial charge in [-0.2, -0.15) is 0 Å². The molecule has 0 atom stereocenters. The van der Waals surface area contributed by atoms with Crippen LogP contribution in [0, 0.1) is 0 Å². The summed E-state index contributed by atoms with van der Waals surface area (Å²) >= 11 is -0.637. The van der Waals surface area contributed by atoms with E-state index in [0.29, 0.717) is 0 Å². The summed E-state index contributed by atoms with van der Waals surface area (Å²) in [5.41, 5.74) is 0. The van der Waals surface area contributed by atoms with Crippen molar-refractivity contribution in [3.8, 4) is 0 Å². The molecule has 0 aromatic rings. The third-order valence-corrected chi connectivity index (χ3v) is 0. The Labute approximate surface area is 54.9 Å². The van der Waals surface area contributed by atoms with Gasteiger partial charge in [0.25, 0.3) is 0 Å². The molecule has 0 aromatic heterocycles. The molecule has 0 aliphatic carbocycles. The SMILES string of the molecule is [CH3][In]([CH3])[CH3].[GaH3]. The molecule has 0 unspecified atom stereocenters. The van der Waals surface area contributed by atoms with Crippen molar-refractivity contribution in [3.63, 3.8) is 0 Å². The Morgan fingerprint density at radius 2 is 1.00 bits per heavy atom. The van der Waals surface area contributed by atoms with Gasteiger partial charge in [-0.1, -0.05) is 0 Å². The zero-order chi connectivity index (χ0) is 3.58. The second-order valence-electron chi connectivity index (χ2n) is 1.73. The first-order chi connectivity index (χ1) is 1.73. The molecule has 0 amide bonds. The molecule has 0 rings (SSSR count). The van der Waals surface area contributed by atoms with Gasteiger partial charge in [0.1, 0.15) is 0 Å². The van der Waals surface area contributed by atoms with Crippen molar-refractivity contribution in [3.05, 3.63) is 0 Å². The van der Waals surface area contributed by atoms with Gasteiger partial charge in [-0.25, -0.2) is 0 Å². The van der Waals surface area contributed by atoms with Crippen molar-refractivity contribution in [2.45, 2.75) is 14.0 Å². The molecule has 0 heterocycles. The maximum atomic E-state index is 2.38. The average Bonchev–Trinajstić information content (AvgIpc) is 0.811. The molecular weight excluding hydrogens is 221 g/mol. The summed E-state index contributed by atoms with van der Waals surface area (Å²) in [5.74, 6) is 0. The third-order valence-electron chi connectivity index (χ3n) is 0. The van der Waals surface area contributed by atoms with E-state index >= 15 is 0 Å². The van der Waals surface area contributed by atoms with Gasteiger partial charge in [-0.3, -0.25) is 0 Å². The van der Waals surface area contributed by atoms with Crippen LogP contribution in [0.4, 0.5) is 0 Å². The molecule has 5 heavy (non-hydrogen) atoms. The van der Waals surface area contributed by atoms with E-state index in [1.54, 1.807) is 0 Å². The van der Waals surface area contributed by atoms with Crippen molar-refractivity contribution in [2.75, 3.05) is 0 Å². The fraction of sp³-hybridized carbons (Fsp3) is 1.00. The van der Waals surface area contributed by atoms with E-state index in [1.807, 2.05) is 0 Å². The van der Waals surface area contributed by atoms with Crippen LogP contribution in [-0.4, -0.2) is 41.2 Å². The van der Waals surface area contributed by atoms with Gasteiger partial charge < -0.3 is 0 Å². The molecule has 30 valence electrons. The van der Waals surface area contributed by atoms with Crippen LogP contribution in [0.5, 0.6) is 0 Å². The number of hydrogen-bond acceptors (Lipinski definition) is 0. The molecular formula is C3H12GaIn. The van der Waals surface area contributed by atoms with Crippen molar-refractivity contribution in [1.82, 2.24) is 0 Å². The Balaban J connectivity index is 0. The predicted molar refractivity (Wildman–Crippen MR) is 33.3 cm³/mol. The first kappa shape index (κ1) is 9.71. The molecule has 0 bridgehead atoms. The van der Waals surface area contributed by atoms with Crippen LogP contribution in [0.15, 0.2) is 0 Å². The fourth-order valence-corrected chi connectivity index (χ4v) is 0. The monoisotopic (exact) mass is 232 g/mol. The number of rotatable bonds is 0. The molecule has 0 fully saturated rings. The molecule has 2 heteroatoms. The third kappa shape index (κ3) is 29.8. The predicted octanol–water partition coefficient (Wildman–Crippen LogP) is 0.187. The summed E-state index contributed by atoms with van der Waals surface area (Å²) < 4.78 is 7.13. The fourth-order valence-electron chi connectivity index (χ4n) is 0. The second-order valence-corrected chi connectivity index (χ2v) is 11.6. The minimum atomic E-state index is -0.637. The van der Waals surface area contributed by atoms with Crippen LogP contribution < -0.4 is 0 Å². The summed E-state index contributed by atoms with van der Waals surface area (Å²) in [5, 5.41) is 0. The van der Waals surface area contributed by atoms with Crippen LogP contribution in [0.1, 0.15) is 0 Å². The van der Waals surface area contributed by atoms with Crippen molar-refractivity contribution in [2.24, 2.45) is 0 Å². The van der Waals surface area contributed by atoms with E-state index in [2.05, 4.69) is 14.0 Å². The zero-order valence-electron chi connectivity index (χ0n) is 3.58. The Morgan fingerprint density at radius 1 is 1.00 bits per heavy atom. The van der Waals surface area contributed by atoms with Gasteiger partial charge in [-0.15, -0.1) is 0 Å². The van der Waals surface area contributed by atoms with Crippen molar-refractivity contribution in [1.29, 1.82) is 0 Å². The maximum absolute atomic E-state index is 2.38. The van der Waals surface area contributed by atoms with E-state index in [-0.39, 0.29) is 19.8 Å². The molecule has 0 spiro atoms. The quantitative estimate of drug-likeness (QED) is 0.523. The molecule has 0 N–H and O–H groups in total. The molecule has 0 radical (unpaired) electrons. The summed E-state index contributed by atoms with van der Waals surface area (Å²) in [6.07, 6.45) is 0. The van der Waals surface area contributed by atoms with Crippen LogP contribution >= 0.6 is 0 Å². The van der Waals surface area contributed by atoms with Gasteiger partial charge >= 0.3 is 55.3 Å². The topological polar surface area (TPSA) is 0 Å². The second kappa shape index (κ2) is 5.51. The Bertz CT molecular complexity index is 11.6. The van der Waals surface area contributed by atoms with Gasteiger partial charge in [-0.05, 0) is 0 Å². The normalized spacial score (nSPS) is 5.40. The number of hydrogen-bond donors (Lipinski definition) is 0. The Kier molecular flexibility index (Phi) is 10.7. The first-order valence-corrected chi connectivity index (χ1v) is 11.6. The Morgan fingerprint density at radius 3 is 1.00 bits per heavy atom. The van der Waals surface area contributed by atoms with Gasteiger partial charge in [0, 0.05) is 0 Å². The standard InChI is InChI=1S/3CH3.Ga.In.3H/h3*1H3;;;;;.